The SMILES string of the molecule is CCC/C=C\C1=C(C(=O)OC(C)OC(C)=O)N2C(=O)[C@@H](NC(=O)/C(=N\OC)c3csc(N)n3)[C@H]2SC1. The van der Waals surface area contributed by atoms with Crippen LogP contribution in [0.15, 0.2) is 34.0 Å². The van der Waals surface area contributed by atoms with Crippen LogP contribution in [-0.4, -0.2) is 69.9 Å². The number of thiazole rings is 1. The number of thioether (sulfide) groups is 1. The number of carbonyl (C=O) groups excluding carboxylic acids is 4. The third-order valence-electron chi connectivity index (χ3n) is 5.02. The van der Waals surface area contributed by atoms with Crippen LogP contribution in [0.3, 0.4) is 0 Å². The molecule has 0 aliphatic carbocycles. The Morgan fingerprint density at radius 1 is 1.39 bits per heavy atom. The van der Waals surface area contributed by atoms with Gasteiger partial charge < -0.3 is 25.4 Å². The maximum Gasteiger partial charge on any atom is 0.358 e. The van der Waals surface area contributed by atoms with Gasteiger partial charge in [-0.1, -0.05) is 30.7 Å². The molecular formula is C22H27N5O7S2. The first-order valence-corrected chi connectivity index (χ1v) is 13.0. The number of fused-ring (bicyclic) bond motifs is 1. The van der Waals surface area contributed by atoms with Crippen molar-refractivity contribution in [3.63, 3.8) is 0 Å². The molecule has 0 aromatic carbocycles. The number of oxime groups is 1. The lowest BCUT2D eigenvalue weighted by Gasteiger charge is -2.49. The molecule has 3 atom stereocenters. The number of esters is 2. The highest BCUT2D eigenvalue weighted by Crippen LogP contribution is 2.41. The molecule has 0 spiro atoms. The van der Waals surface area contributed by atoms with Crippen LogP contribution in [0.2, 0.25) is 0 Å². The number of amides is 2. The van der Waals surface area contributed by atoms with Gasteiger partial charge in [0.2, 0.25) is 6.29 Å². The van der Waals surface area contributed by atoms with Gasteiger partial charge in [-0.25, -0.2) is 9.78 Å². The van der Waals surface area contributed by atoms with Gasteiger partial charge in [-0.2, -0.15) is 0 Å². The van der Waals surface area contributed by atoms with E-state index in [1.807, 2.05) is 13.0 Å². The molecule has 3 heterocycles. The fraction of sp³-hybridized carbons (Fsp3) is 0.455. The van der Waals surface area contributed by atoms with Crippen molar-refractivity contribution in [2.75, 3.05) is 18.6 Å². The van der Waals surface area contributed by atoms with Gasteiger partial charge in [0.15, 0.2) is 10.8 Å². The van der Waals surface area contributed by atoms with Crippen LogP contribution in [-0.2, 0) is 33.5 Å². The molecule has 2 aliphatic heterocycles. The van der Waals surface area contributed by atoms with E-state index in [9.17, 15) is 19.2 Å². The van der Waals surface area contributed by atoms with Gasteiger partial charge >= 0.3 is 11.9 Å². The topological polar surface area (TPSA) is 163 Å². The van der Waals surface area contributed by atoms with E-state index in [1.54, 1.807) is 11.5 Å². The molecule has 0 bridgehead atoms. The highest BCUT2D eigenvalue weighted by atomic mass is 32.2. The van der Waals surface area contributed by atoms with Gasteiger partial charge in [0.1, 0.15) is 29.9 Å². The summed E-state index contributed by atoms with van der Waals surface area (Å²) < 4.78 is 10.2. The number of rotatable bonds is 10. The summed E-state index contributed by atoms with van der Waals surface area (Å²) in [6, 6.07) is -0.921. The molecule has 1 aromatic heterocycles. The fourth-order valence-electron chi connectivity index (χ4n) is 3.52. The molecule has 36 heavy (non-hydrogen) atoms. The Labute approximate surface area is 215 Å². The number of hydrogen-bond donors (Lipinski definition) is 2. The predicted octanol–water partition coefficient (Wildman–Crippen LogP) is 1.54. The molecule has 194 valence electrons. The van der Waals surface area contributed by atoms with E-state index in [-0.39, 0.29) is 22.2 Å². The first kappa shape index (κ1) is 27.2. The monoisotopic (exact) mass is 537 g/mol. The van der Waals surface area contributed by atoms with Gasteiger partial charge in [-0.15, -0.1) is 23.1 Å². The Hall–Kier alpha value is -3.39. The van der Waals surface area contributed by atoms with E-state index < -0.39 is 41.5 Å². The maximum absolute atomic E-state index is 13.1. The summed E-state index contributed by atoms with van der Waals surface area (Å²) in [5.41, 5.74) is 6.39. The average molecular weight is 538 g/mol. The minimum Gasteiger partial charge on any atom is -0.426 e. The number of β-lactam (4-membered cyclic amide) rings is 1. The highest BCUT2D eigenvalue weighted by Gasteiger charge is 2.54. The molecule has 2 aliphatic rings. The van der Waals surface area contributed by atoms with Gasteiger partial charge in [-0.05, 0) is 12.0 Å². The second-order valence-electron chi connectivity index (χ2n) is 7.70. The summed E-state index contributed by atoms with van der Waals surface area (Å²) in [6.45, 7) is 4.63. The van der Waals surface area contributed by atoms with Crippen LogP contribution in [0.1, 0.15) is 39.3 Å². The standard InChI is InChI=1S/C22H27N5O7S2/c1-5-6-7-8-13-9-35-20-16(25-18(29)15(26-32-4)14-10-36-22(23)24-14)19(30)27(20)17(13)21(31)34-12(3)33-11(2)28/h7-8,10,12,16,20H,5-6,9H2,1-4H3,(H2,23,24)(H,25,29)/b8-7-,26-15-/t12?,16-,20-/m1/s1. The quantitative estimate of drug-likeness (QED) is 0.147. The summed E-state index contributed by atoms with van der Waals surface area (Å²) in [5, 5.41) is 7.62. The molecule has 12 nitrogen and oxygen atoms in total. The van der Waals surface area contributed by atoms with Crippen molar-refractivity contribution in [1.82, 2.24) is 15.2 Å². The second kappa shape index (κ2) is 12.0. The normalized spacial score (nSPS) is 20.5. The smallest absolute Gasteiger partial charge is 0.358 e. The zero-order valence-electron chi connectivity index (χ0n) is 20.2. The number of unbranched alkanes of at least 4 members (excludes halogenated alkanes) is 1. The summed E-state index contributed by atoms with van der Waals surface area (Å²) in [6.07, 6.45) is 4.26. The first-order valence-electron chi connectivity index (χ1n) is 11.0. The molecule has 14 heteroatoms. The highest BCUT2D eigenvalue weighted by molar-refractivity contribution is 8.00. The molecule has 2 amide bonds. The van der Waals surface area contributed by atoms with Crippen molar-refractivity contribution in [1.29, 1.82) is 0 Å². The van der Waals surface area contributed by atoms with E-state index in [1.165, 1.54) is 37.6 Å². The minimum absolute atomic E-state index is 0.0543. The van der Waals surface area contributed by atoms with Crippen molar-refractivity contribution in [3.05, 3.63) is 34.5 Å². The lowest BCUT2D eigenvalue weighted by atomic mass is 10.0. The summed E-state index contributed by atoms with van der Waals surface area (Å²) in [4.78, 5) is 60.4. The van der Waals surface area contributed by atoms with Gasteiger partial charge in [0.25, 0.3) is 11.8 Å². The van der Waals surface area contributed by atoms with Gasteiger partial charge in [0, 0.05) is 25.0 Å². The average Bonchev–Trinajstić information content (AvgIpc) is 3.25. The third-order valence-corrected chi connectivity index (χ3v) is 7.00. The summed E-state index contributed by atoms with van der Waals surface area (Å²) >= 11 is 2.52. The fourth-order valence-corrected chi connectivity index (χ4v) is 5.38. The molecular weight excluding hydrogens is 510 g/mol. The summed E-state index contributed by atoms with van der Waals surface area (Å²) in [5.74, 6) is -2.19. The zero-order valence-corrected chi connectivity index (χ0v) is 21.8. The van der Waals surface area contributed by atoms with Crippen molar-refractivity contribution in [2.45, 2.75) is 51.3 Å². The van der Waals surface area contributed by atoms with Crippen molar-refractivity contribution in [3.8, 4) is 0 Å². The number of ether oxygens (including phenoxy) is 2. The van der Waals surface area contributed by atoms with E-state index in [2.05, 4.69) is 15.5 Å². The van der Waals surface area contributed by atoms with Crippen molar-refractivity contribution >= 4 is 57.7 Å². The van der Waals surface area contributed by atoms with E-state index >= 15 is 0 Å². The summed E-state index contributed by atoms with van der Waals surface area (Å²) in [7, 11) is 1.28. The number of carbonyl (C=O) groups is 4. The lowest BCUT2D eigenvalue weighted by molar-refractivity contribution is -0.182. The third kappa shape index (κ3) is 6.05. The number of hydrogen-bond acceptors (Lipinski definition) is 12. The predicted molar refractivity (Wildman–Crippen MR) is 133 cm³/mol. The first-order chi connectivity index (χ1) is 17.2. The molecule has 3 rings (SSSR count). The number of nitrogens with two attached hydrogens (primary N) is 1. The van der Waals surface area contributed by atoms with Crippen molar-refractivity contribution < 1.29 is 33.5 Å². The second-order valence-corrected chi connectivity index (χ2v) is 9.70. The molecule has 0 saturated carbocycles. The Kier molecular flexibility index (Phi) is 9.09. The Balaban J connectivity index is 1.82. The number of nitrogens with zero attached hydrogens (tertiary/aromatic N) is 3. The lowest BCUT2D eigenvalue weighted by Crippen LogP contribution is -2.71. The van der Waals surface area contributed by atoms with Crippen LogP contribution >= 0.6 is 23.1 Å². The maximum atomic E-state index is 13.1. The van der Waals surface area contributed by atoms with Crippen LogP contribution in [0.5, 0.6) is 0 Å². The van der Waals surface area contributed by atoms with Crippen LogP contribution in [0, 0.1) is 0 Å². The van der Waals surface area contributed by atoms with E-state index in [0.717, 1.165) is 24.2 Å². The molecule has 1 saturated heterocycles. The zero-order chi connectivity index (χ0) is 26.4. The molecule has 1 aromatic rings. The largest absolute Gasteiger partial charge is 0.426 e. The number of nitrogens with one attached hydrogen (secondary N) is 1. The molecule has 0 radical (unpaired) electrons. The number of allylic oxidation sites excluding steroid dienone is 2. The number of aromatic nitrogens is 1. The minimum atomic E-state index is -1.14. The van der Waals surface area contributed by atoms with Crippen LogP contribution in [0.25, 0.3) is 0 Å². The van der Waals surface area contributed by atoms with Crippen LogP contribution < -0.4 is 11.1 Å². The van der Waals surface area contributed by atoms with E-state index in [4.69, 9.17) is 20.0 Å². The van der Waals surface area contributed by atoms with Crippen molar-refractivity contribution in [2.24, 2.45) is 5.16 Å². The Morgan fingerprint density at radius 2 is 2.14 bits per heavy atom. The number of nitrogen functional groups attached to an aromatic ring is 1. The molecule has 3 N–H and O–H groups in total. The number of anilines is 1. The van der Waals surface area contributed by atoms with Gasteiger partial charge in [0.05, 0.1) is 0 Å². The van der Waals surface area contributed by atoms with E-state index in [0.29, 0.717) is 11.3 Å². The molecule has 1 unspecified atom stereocenters. The van der Waals surface area contributed by atoms with Crippen LogP contribution in [0.4, 0.5) is 5.13 Å². The Morgan fingerprint density at radius 3 is 2.75 bits per heavy atom. The van der Waals surface area contributed by atoms with Gasteiger partial charge in [-0.3, -0.25) is 19.3 Å². The Bertz CT molecular complexity index is 1130. The molecule has 1 fully saturated rings.